The van der Waals surface area contributed by atoms with Crippen molar-refractivity contribution in [1.82, 2.24) is 0 Å². The van der Waals surface area contributed by atoms with E-state index in [0.29, 0.717) is 5.56 Å². The van der Waals surface area contributed by atoms with Gasteiger partial charge in [0.25, 0.3) is 0 Å². The minimum absolute atomic E-state index is 0.251. The Balaban J connectivity index is 2.50. The van der Waals surface area contributed by atoms with Crippen LogP contribution < -0.4 is 5.73 Å². The van der Waals surface area contributed by atoms with Gasteiger partial charge in [0.05, 0.1) is 0 Å². The summed E-state index contributed by atoms with van der Waals surface area (Å²) in [6.45, 7) is 1.78. The molecule has 17 heavy (non-hydrogen) atoms. The van der Waals surface area contributed by atoms with Crippen molar-refractivity contribution in [3.63, 3.8) is 0 Å². The van der Waals surface area contributed by atoms with Gasteiger partial charge in [-0.05, 0) is 42.3 Å². The summed E-state index contributed by atoms with van der Waals surface area (Å²) in [6.07, 6.45) is 0. The second-order valence-corrected chi connectivity index (χ2v) is 4.95. The monoisotopic (exact) mass is 293 g/mol. The maximum Gasteiger partial charge on any atom is 0.128 e. The molecule has 0 aromatic heterocycles. The molecule has 3 heteroatoms. The van der Waals surface area contributed by atoms with Crippen molar-refractivity contribution in [2.45, 2.75) is 13.0 Å². The summed E-state index contributed by atoms with van der Waals surface area (Å²) in [5.74, 6) is -0.251. The van der Waals surface area contributed by atoms with Crippen LogP contribution in [0.2, 0.25) is 0 Å². The van der Waals surface area contributed by atoms with Gasteiger partial charge in [-0.2, -0.15) is 0 Å². The van der Waals surface area contributed by atoms with Crippen molar-refractivity contribution < 1.29 is 4.39 Å². The van der Waals surface area contributed by atoms with Crippen LogP contribution in [0.3, 0.4) is 0 Å². The molecule has 0 bridgehead atoms. The highest BCUT2D eigenvalue weighted by atomic mass is 79.9. The molecule has 2 rings (SSSR count). The first-order chi connectivity index (χ1) is 8.08. The first kappa shape index (κ1) is 12.3. The highest BCUT2D eigenvalue weighted by molar-refractivity contribution is 9.10. The summed E-state index contributed by atoms with van der Waals surface area (Å²) < 4.78 is 14.5. The van der Waals surface area contributed by atoms with E-state index in [2.05, 4.69) is 15.9 Å². The molecular weight excluding hydrogens is 281 g/mol. The van der Waals surface area contributed by atoms with Crippen molar-refractivity contribution in [3.05, 3.63) is 58.3 Å². The van der Waals surface area contributed by atoms with E-state index in [-0.39, 0.29) is 11.9 Å². The molecule has 88 valence electrons. The summed E-state index contributed by atoms with van der Waals surface area (Å²) in [5, 5.41) is 0. The Kier molecular flexibility index (Phi) is 3.60. The molecule has 0 saturated heterocycles. The van der Waals surface area contributed by atoms with Crippen LogP contribution in [0.4, 0.5) is 4.39 Å². The molecule has 0 amide bonds. The van der Waals surface area contributed by atoms with Gasteiger partial charge in [-0.1, -0.05) is 34.1 Å². The molecule has 1 unspecified atom stereocenters. The third-order valence-corrected chi connectivity index (χ3v) is 3.14. The van der Waals surface area contributed by atoms with Gasteiger partial charge in [0, 0.05) is 16.1 Å². The SMILES string of the molecule is CC(N)c1cc(-c2cccc(Br)c2)ccc1F. The Hall–Kier alpha value is -1.19. The largest absolute Gasteiger partial charge is 0.324 e. The van der Waals surface area contributed by atoms with E-state index in [9.17, 15) is 4.39 Å². The fraction of sp³-hybridized carbons (Fsp3) is 0.143. The molecule has 0 saturated carbocycles. The van der Waals surface area contributed by atoms with Gasteiger partial charge < -0.3 is 5.73 Å². The predicted octanol–water partition coefficient (Wildman–Crippen LogP) is 4.27. The fourth-order valence-electron chi connectivity index (χ4n) is 1.74. The summed E-state index contributed by atoms with van der Waals surface area (Å²) in [4.78, 5) is 0. The van der Waals surface area contributed by atoms with Crippen LogP contribution in [-0.4, -0.2) is 0 Å². The van der Waals surface area contributed by atoms with E-state index in [1.54, 1.807) is 13.0 Å². The standard InChI is InChI=1S/C14H13BrFN/c1-9(17)13-8-11(5-6-14(13)16)10-3-2-4-12(15)7-10/h2-9H,17H2,1H3. The van der Waals surface area contributed by atoms with E-state index >= 15 is 0 Å². The van der Waals surface area contributed by atoms with Gasteiger partial charge in [0.15, 0.2) is 0 Å². The third kappa shape index (κ3) is 2.73. The van der Waals surface area contributed by atoms with Gasteiger partial charge in [0.1, 0.15) is 5.82 Å². The number of hydrogen-bond acceptors (Lipinski definition) is 1. The first-order valence-electron chi connectivity index (χ1n) is 5.39. The summed E-state index contributed by atoms with van der Waals surface area (Å²) >= 11 is 3.42. The Morgan fingerprint density at radius 2 is 1.82 bits per heavy atom. The third-order valence-electron chi connectivity index (χ3n) is 2.64. The van der Waals surface area contributed by atoms with Crippen molar-refractivity contribution in [3.8, 4) is 11.1 Å². The van der Waals surface area contributed by atoms with Crippen LogP contribution >= 0.6 is 15.9 Å². The lowest BCUT2D eigenvalue weighted by Gasteiger charge is -2.10. The lowest BCUT2D eigenvalue weighted by molar-refractivity contribution is 0.594. The van der Waals surface area contributed by atoms with Crippen LogP contribution in [0.15, 0.2) is 46.9 Å². The van der Waals surface area contributed by atoms with Crippen LogP contribution in [0, 0.1) is 5.82 Å². The normalized spacial score (nSPS) is 12.5. The van der Waals surface area contributed by atoms with E-state index in [1.807, 2.05) is 30.3 Å². The minimum Gasteiger partial charge on any atom is -0.324 e. The Labute approximate surface area is 109 Å². The van der Waals surface area contributed by atoms with Gasteiger partial charge in [-0.3, -0.25) is 0 Å². The molecule has 2 aromatic rings. The summed E-state index contributed by atoms with van der Waals surface area (Å²) in [5.41, 5.74) is 8.30. The molecule has 0 fully saturated rings. The maximum atomic E-state index is 13.5. The number of rotatable bonds is 2. The molecule has 0 aliphatic heterocycles. The van der Waals surface area contributed by atoms with Crippen molar-refractivity contribution in [2.24, 2.45) is 5.73 Å². The van der Waals surface area contributed by atoms with Gasteiger partial charge in [0.2, 0.25) is 0 Å². The molecule has 2 N–H and O–H groups in total. The summed E-state index contributed by atoms with van der Waals surface area (Å²) in [7, 11) is 0. The lowest BCUT2D eigenvalue weighted by Crippen LogP contribution is -2.07. The van der Waals surface area contributed by atoms with E-state index in [4.69, 9.17) is 5.73 Å². The zero-order chi connectivity index (χ0) is 12.4. The maximum absolute atomic E-state index is 13.5. The molecule has 0 aliphatic carbocycles. The molecule has 1 nitrogen and oxygen atoms in total. The topological polar surface area (TPSA) is 26.0 Å². The van der Waals surface area contributed by atoms with Gasteiger partial charge >= 0.3 is 0 Å². The number of halogens is 2. The van der Waals surface area contributed by atoms with Gasteiger partial charge in [-0.25, -0.2) is 4.39 Å². The Bertz CT molecular complexity index is 537. The molecule has 0 aliphatic rings. The zero-order valence-corrected chi connectivity index (χ0v) is 11.0. The van der Waals surface area contributed by atoms with Crippen LogP contribution in [0.5, 0.6) is 0 Å². The highest BCUT2D eigenvalue weighted by Gasteiger charge is 2.08. The number of benzene rings is 2. The molecular formula is C14H13BrFN. The molecule has 1 atom stereocenters. The van der Waals surface area contributed by atoms with Crippen molar-refractivity contribution in [2.75, 3.05) is 0 Å². The number of nitrogens with two attached hydrogens (primary N) is 1. The second-order valence-electron chi connectivity index (χ2n) is 4.04. The Morgan fingerprint density at radius 1 is 1.12 bits per heavy atom. The molecule has 0 spiro atoms. The molecule has 0 radical (unpaired) electrons. The lowest BCUT2D eigenvalue weighted by atomic mass is 10.00. The highest BCUT2D eigenvalue weighted by Crippen LogP contribution is 2.26. The average molecular weight is 294 g/mol. The quantitative estimate of drug-likeness (QED) is 0.879. The minimum atomic E-state index is -0.304. The Morgan fingerprint density at radius 3 is 2.47 bits per heavy atom. The average Bonchev–Trinajstić information content (AvgIpc) is 2.29. The fourth-order valence-corrected chi connectivity index (χ4v) is 2.14. The van der Waals surface area contributed by atoms with Gasteiger partial charge in [-0.15, -0.1) is 0 Å². The van der Waals surface area contributed by atoms with Crippen LogP contribution in [-0.2, 0) is 0 Å². The smallest absolute Gasteiger partial charge is 0.128 e. The van der Waals surface area contributed by atoms with E-state index in [1.165, 1.54) is 6.07 Å². The first-order valence-corrected chi connectivity index (χ1v) is 6.18. The predicted molar refractivity (Wildman–Crippen MR) is 72.1 cm³/mol. The zero-order valence-electron chi connectivity index (χ0n) is 9.45. The van der Waals surface area contributed by atoms with Crippen molar-refractivity contribution >= 4 is 15.9 Å². The van der Waals surface area contributed by atoms with E-state index < -0.39 is 0 Å². The van der Waals surface area contributed by atoms with E-state index in [0.717, 1.165) is 15.6 Å². The second kappa shape index (κ2) is 4.98. The van der Waals surface area contributed by atoms with Crippen molar-refractivity contribution in [1.29, 1.82) is 0 Å². The van der Waals surface area contributed by atoms with Crippen LogP contribution in [0.25, 0.3) is 11.1 Å². The number of hydrogen-bond donors (Lipinski definition) is 1. The molecule has 2 aromatic carbocycles. The summed E-state index contributed by atoms with van der Waals surface area (Å²) in [6, 6.07) is 12.6. The molecule has 0 heterocycles. The van der Waals surface area contributed by atoms with Crippen LogP contribution in [0.1, 0.15) is 18.5 Å².